The van der Waals surface area contributed by atoms with Gasteiger partial charge in [-0.3, -0.25) is 10.7 Å². The number of amides is 1. The smallest absolute Gasteiger partial charge is 0.412 e. The Hall–Kier alpha value is -2.23. The van der Waals surface area contributed by atoms with Crippen LogP contribution in [0.3, 0.4) is 0 Å². The standard InChI is InChI=1S/C27H46FN3O5/c1-3-4-5-6-7-8-9-10-11-12-13-14-15-16-17-18-19-35-27(34)31-25(29)22(28)20-30-26-24(33)23(32)21(2)36-26/h7-8,10-11,20-21,23-24,26,30,32-33H,3-6,9,12-19H2,1-2H3,(H2,29,31,34)/b8-7-,11-10-,22-20+. The molecule has 1 aliphatic rings. The average molecular weight is 512 g/mol. The first-order valence-electron chi connectivity index (χ1n) is 13.3. The van der Waals surface area contributed by atoms with E-state index in [9.17, 15) is 19.4 Å². The van der Waals surface area contributed by atoms with Gasteiger partial charge in [0.2, 0.25) is 0 Å². The predicted octanol–water partition coefficient (Wildman–Crippen LogP) is 5.37. The number of carbonyl (C=O) groups excluding carboxylic acids is 1. The number of carbonyl (C=O) groups is 1. The summed E-state index contributed by atoms with van der Waals surface area (Å²) in [5.41, 5.74) is 0. The lowest BCUT2D eigenvalue weighted by atomic mass is 10.1. The molecule has 0 aromatic carbocycles. The van der Waals surface area contributed by atoms with Gasteiger partial charge in [-0.05, 0) is 45.4 Å². The van der Waals surface area contributed by atoms with Crippen LogP contribution in [0.25, 0.3) is 0 Å². The number of unbranched alkanes of at least 4 members (excludes halogenated alkanes) is 9. The van der Waals surface area contributed by atoms with Gasteiger partial charge >= 0.3 is 6.09 Å². The minimum absolute atomic E-state index is 0.204. The van der Waals surface area contributed by atoms with Crippen LogP contribution in [0.1, 0.15) is 90.9 Å². The number of hydrogen-bond donors (Lipinski definition) is 5. The van der Waals surface area contributed by atoms with Gasteiger partial charge in [0.15, 0.2) is 17.9 Å². The Bertz CT molecular complexity index is 714. The Kier molecular flexibility index (Phi) is 17.6. The highest BCUT2D eigenvalue weighted by molar-refractivity contribution is 6.02. The van der Waals surface area contributed by atoms with Gasteiger partial charge in [-0.15, -0.1) is 0 Å². The second-order valence-corrected chi connectivity index (χ2v) is 9.12. The van der Waals surface area contributed by atoms with E-state index in [1.165, 1.54) is 38.5 Å². The molecule has 0 spiro atoms. The van der Waals surface area contributed by atoms with Crippen molar-refractivity contribution in [2.24, 2.45) is 0 Å². The van der Waals surface area contributed by atoms with Crippen molar-refractivity contribution in [3.63, 3.8) is 0 Å². The Morgan fingerprint density at radius 1 is 0.972 bits per heavy atom. The van der Waals surface area contributed by atoms with Gasteiger partial charge in [-0.25, -0.2) is 9.18 Å². The highest BCUT2D eigenvalue weighted by atomic mass is 19.1. The van der Waals surface area contributed by atoms with Gasteiger partial charge in [-0.1, -0.05) is 69.8 Å². The normalized spacial score (nSPS) is 22.4. The van der Waals surface area contributed by atoms with E-state index in [-0.39, 0.29) is 6.61 Å². The van der Waals surface area contributed by atoms with E-state index in [1.807, 2.05) is 5.32 Å². The van der Waals surface area contributed by atoms with Crippen molar-refractivity contribution in [2.45, 2.75) is 115 Å². The summed E-state index contributed by atoms with van der Waals surface area (Å²) in [6, 6.07) is 0. The molecule has 36 heavy (non-hydrogen) atoms. The number of alkyl carbamates (subject to hydrolysis) is 1. The summed E-state index contributed by atoms with van der Waals surface area (Å²) in [7, 11) is 0. The summed E-state index contributed by atoms with van der Waals surface area (Å²) in [4.78, 5) is 11.7. The van der Waals surface area contributed by atoms with E-state index in [0.29, 0.717) is 6.42 Å². The van der Waals surface area contributed by atoms with Crippen LogP contribution in [0, 0.1) is 5.41 Å². The van der Waals surface area contributed by atoms with Gasteiger partial charge in [-0.2, -0.15) is 0 Å². The zero-order valence-corrected chi connectivity index (χ0v) is 21.9. The SMILES string of the molecule is CCCCC/C=C\C/C=C\CCCCCCCCOC(=O)NC(=N)/C(F)=C\NC1OC(C)C(O)C1O. The summed E-state index contributed by atoms with van der Waals surface area (Å²) in [5.74, 6) is -1.84. The van der Waals surface area contributed by atoms with Gasteiger partial charge in [0.1, 0.15) is 12.2 Å². The first-order chi connectivity index (χ1) is 17.4. The molecular weight excluding hydrogens is 465 g/mol. The lowest BCUT2D eigenvalue weighted by molar-refractivity contribution is 0.00320. The third-order valence-corrected chi connectivity index (χ3v) is 5.92. The number of halogens is 1. The monoisotopic (exact) mass is 511 g/mol. The van der Waals surface area contributed by atoms with Crippen molar-refractivity contribution in [3.8, 4) is 0 Å². The molecular formula is C27H46FN3O5. The molecule has 0 saturated carbocycles. The number of aliphatic hydroxyl groups is 2. The van der Waals surface area contributed by atoms with Crippen molar-refractivity contribution >= 4 is 11.9 Å². The fraction of sp³-hybridized carbons (Fsp3) is 0.704. The average Bonchev–Trinajstić information content (AvgIpc) is 3.10. The van der Waals surface area contributed by atoms with Crippen molar-refractivity contribution < 1.29 is 28.9 Å². The van der Waals surface area contributed by atoms with Crippen LogP contribution >= 0.6 is 0 Å². The minimum atomic E-state index is -1.23. The molecule has 0 bridgehead atoms. The molecule has 206 valence electrons. The number of rotatable bonds is 18. The van der Waals surface area contributed by atoms with E-state index in [4.69, 9.17) is 14.9 Å². The number of nitrogens with one attached hydrogen (secondary N) is 3. The number of amidine groups is 1. The predicted molar refractivity (Wildman–Crippen MR) is 140 cm³/mol. The summed E-state index contributed by atoms with van der Waals surface area (Å²) in [6.45, 7) is 4.00. The van der Waals surface area contributed by atoms with Crippen LogP contribution in [-0.2, 0) is 9.47 Å². The maximum atomic E-state index is 14.0. The minimum Gasteiger partial charge on any atom is -0.449 e. The fourth-order valence-corrected chi connectivity index (χ4v) is 3.67. The molecule has 0 aromatic heterocycles. The topological polar surface area (TPSA) is 124 Å². The largest absolute Gasteiger partial charge is 0.449 e. The van der Waals surface area contributed by atoms with Gasteiger partial charge in [0.05, 0.1) is 12.7 Å². The van der Waals surface area contributed by atoms with E-state index >= 15 is 0 Å². The Balaban J connectivity index is 1.99. The quantitative estimate of drug-likeness (QED) is 0.0729. The maximum Gasteiger partial charge on any atom is 0.412 e. The van der Waals surface area contributed by atoms with Gasteiger partial charge in [0.25, 0.3) is 0 Å². The molecule has 8 nitrogen and oxygen atoms in total. The third kappa shape index (κ3) is 14.4. The molecule has 5 N–H and O–H groups in total. The molecule has 1 saturated heterocycles. The lowest BCUT2D eigenvalue weighted by Crippen LogP contribution is -2.39. The summed E-state index contributed by atoms with van der Waals surface area (Å²) >= 11 is 0. The van der Waals surface area contributed by atoms with Gasteiger partial charge < -0.3 is 25.0 Å². The summed E-state index contributed by atoms with van der Waals surface area (Å²) in [5, 5.41) is 31.4. The van der Waals surface area contributed by atoms with Crippen LogP contribution < -0.4 is 10.6 Å². The highest BCUT2D eigenvalue weighted by Gasteiger charge is 2.39. The summed E-state index contributed by atoms with van der Waals surface area (Å²) in [6.07, 6.45) is 18.3. The van der Waals surface area contributed by atoms with E-state index < -0.39 is 42.3 Å². The highest BCUT2D eigenvalue weighted by Crippen LogP contribution is 2.19. The lowest BCUT2D eigenvalue weighted by Gasteiger charge is -2.15. The molecule has 0 radical (unpaired) electrons. The van der Waals surface area contributed by atoms with E-state index in [1.54, 1.807) is 6.92 Å². The third-order valence-electron chi connectivity index (χ3n) is 5.92. The summed E-state index contributed by atoms with van der Waals surface area (Å²) < 4.78 is 24.2. The number of aliphatic hydroxyl groups excluding tert-OH is 2. The second-order valence-electron chi connectivity index (χ2n) is 9.12. The van der Waals surface area contributed by atoms with Crippen molar-refractivity contribution in [2.75, 3.05) is 6.61 Å². The molecule has 1 rings (SSSR count). The van der Waals surface area contributed by atoms with Crippen LogP contribution in [0.5, 0.6) is 0 Å². The Morgan fingerprint density at radius 2 is 1.58 bits per heavy atom. The molecule has 1 fully saturated rings. The number of hydrogen-bond acceptors (Lipinski definition) is 7. The van der Waals surface area contributed by atoms with E-state index in [2.05, 4.69) is 36.5 Å². The van der Waals surface area contributed by atoms with Crippen molar-refractivity contribution in [1.82, 2.24) is 10.6 Å². The fourth-order valence-electron chi connectivity index (χ4n) is 3.67. The van der Waals surface area contributed by atoms with Crippen LogP contribution in [0.4, 0.5) is 9.18 Å². The number of ether oxygens (including phenoxy) is 2. The molecule has 0 aliphatic carbocycles. The van der Waals surface area contributed by atoms with Crippen LogP contribution in [-0.4, -0.2) is 53.3 Å². The molecule has 4 unspecified atom stereocenters. The first kappa shape index (κ1) is 31.8. The van der Waals surface area contributed by atoms with Gasteiger partial charge in [0, 0.05) is 6.20 Å². The van der Waals surface area contributed by atoms with Crippen LogP contribution in [0.2, 0.25) is 0 Å². The molecule has 1 amide bonds. The molecule has 0 aromatic rings. The zero-order valence-electron chi connectivity index (χ0n) is 21.9. The number of allylic oxidation sites excluding steroid dienone is 4. The second kappa shape index (κ2) is 19.9. The Labute approximate surface area is 215 Å². The molecule has 4 atom stereocenters. The van der Waals surface area contributed by atoms with Crippen molar-refractivity contribution in [3.05, 3.63) is 36.3 Å². The molecule has 9 heteroatoms. The molecule has 1 heterocycles. The first-order valence-corrected chi connectivity index (χ1v) is 13.3. The maximum absolute atomic E-state index is 14.0. The molecule has 1 aliphatic heterocycles. The van der Waals surface area contributed by atoms with E-state index in [0.717, 1.165) is 38.3 Å². The zero-order chi connectivity index (χ0) is 26.6. The Morgan fingerprint density at radius 3 is 2.19 bits per heavy atom. The van der Waals surface area contributed by atoms with Crippen LogP contribution in [0.15, 0.2) is 36.3 Å². The van der Waals surface area contributed by atoms with Crippen molar-refractivity contribution in [1.29, 1.82) is 5.41 Å².